The van der Waals surface area contributed by atoms with Crippen LogP contribution in [0.25, 0.3) is 0 Å². The van der Waals surface area contributed by atoms with E-state index in [4.69, 9.17) is 15.3 Å². The molecule has 9 nitrogen and oxygen atoms in total. The molecule has 1 heterocycles. The number of aliphatic hydroxyl groups is 3. The predicted molar refractivity (Wildman–Crippen MR) is 41.3 cm³/mol. The summed E-state index contributed by atoms with van der Waals surface area (Å²) in [5, 5.41) is 26.7. The number of hydrogen-bond donors (Lipinski definition) is 3. The van der Waals surface area contributed by atoms with Crippen LogP contribution in [0.15, 0.2) is 11.5 Å². The molecular formula is C6H7Na2O9P. The Labute approximate surface area is 146 Å². The van der Waals surface area contributed by atoms with Gasteiger partial charge in [-0.05, 0) is 0 Å². The van der Waals surface area contributed by atoms with Gasteiger partial charge in [-0.25, -0.2) is 4.79 Å². The van der Waals surface area contributed by atoms with Gasteiger partial charge in [-0.3, -0.25) is 0 Å². The first-order chi connectivity index (χ1) is 7.26. The van der Waals surface area contributed by atoms with Crippen molar-refractivity contribution < 1.29 is 103 Å². The molecule has 0 saturated heterocycles. The monoisotopic (exact) mass is 300 g/mol. The molecule has 2 atom stereocenters. The zero-order valence-electron chi connectivity index (χ0n) is 9.60. The third-order valence-corrected chi connectivity index (χ3v) is 2.09. The van der Waals surface area contributed by atoms with Gasteiger partial charge in [0.05, 0.1) is 6.61 Å². The first-order valence-electron chi connectivity index (χ1n) is 3.91. The minimum Gasteiger partial charge on any atom is -0.780 e. The van der Waals surface area contributed by atoms with Crippen LogP contribution in [0.4, 0.5) is 0 Å². The summed E-state index contributed by atoms with van der Waals surface area (Å²) in [6, 6.07) is 0. The van der Waals surface area contributed by atoms with E-state index in [9.17, 15) is 19.1 Å². The van der Waals surface area contributed by atoms with Gasteiger partial charge in [0.15, 0.2) is 11.9 Å². The van der Waals surface area contributed by atoms with E-state index in [1.807, 2.05) is 0 Å². The van der Waals surface area contributed by atoms with Gasteiger partial charge in [-0.15, -0.1) is 0 Å². The predicted octanol–water partition coefficient (Wildman–Crippen LogP) is -9.11. The summed E-state index contributed by atoms with van der Waals surface area (Å²) in [5.41, 5.74) is 0. The second-order valence-electron chi connectivity index (χ2n) is 2.83. The van der Waals surface area contributed by atoms with E-state index >= 15 is 0 Å². The van der Waals surface area contributed by atoms with Crippen molar-refractivity contribution in [3.05, 3.63) is 11.5 Å². The molecule has 12 heteroatoms. The molecule has 0 fully saturated rings. The van der Waals surface area contributed by atoms with Gasteiger partial charge in [0.1, 0.15) is 13.9 Å². The van der Waals surface area contributed by atoms with Crippen molar-refractivity contribution in [2.24, 2.45) is 0 Å². The summed E-state index contributed by atoms with van der Waals surface area (Å²) in [6.07, 6.45) is -3.44. The van der Waals surface area contributed by atoms with Crippen molar-refractivity contribution in [1.82, 2.24) is 0 Å². The third-order valence-electron chi connectivity index (χ3n) is 1.67. The Morgan fingerprint density at radius 2 is 1.94 bits per heavy atom. The summed E-state index contributed by atoms with van der Waals surface area (Å²) in [5.74, 6) is -3.62. The average Bonchev–Trinajstić information content (AvgIpc) is 2.43. The molecule has 0 aromatic rings. The van der Waals surface area contributed by atoms with Crippen LogP contribution >= 0.6 is 7.82 Å². The molecule has 3 N–H and O–H groups in total. The molecule has 2 unspecified atom stereocenters. The zero-order valence-corrected chi connectivity index (χ0v) is 14.5. The van der Waals surface area contributed by atoms with Crippen LogP contribution in [-0.2, 0) is 18.6 Å². The van der Waals surface area contributed by atoms with Crippen LogP contribution in [0.2, 0.25) is 0 Å². The molecule has 0 radical (unpaired) electrons. The normalized spacial score (nSPS) is 20.7. The van der Waals surface area contributed by atoms with Crippen molar-refractivity contribution in [2.45, 2.75) is 12.2 Å². The van der Waals surface area contributed by atoms with Crippen molar-refractivity contribution >= 4 is 13.8 Å². The van der Waals surface area contributed by atoms with E-state index < -0.39 is 44.1 Å². The fraction of sp³-hybridized carbons (Fsp3) is 0.500. The van der Waals surface area contributed by atoms with Crippen molar-refractivity contribution in [2.75, 3.05) is 6.61 Å². The first kappa shape index (κ1) is 21.2. The van der Waals surface area contributed by atoms with E-state index in [0.717, 1.165) is 0 Å². The van der Waals surface area contributed by atoms with Crippen LogP contribution in [0.5, 0.6) is 0 Å². The Bertz CT molecular complexity index is 377. The number of carbonyl (C=O) groups is 1. The fourth-order valence-corrected chi connectivity index (χ4v) is 1.46. The summed E-state index contributed by atoms with van der Waals surface area (Å²) in [6.45, 7) is -0.889. The second kappa shape index (κ2) is 8.23. The Morgan fingerprint density at radius 1 is 1.44 bits per heavy atom. The molecule has 0 amide bonds. The number of hydrogen-bond acceptors (Lipinski definition) is 9. The first-order valence-corrected chi connectivity index (χ1v) is 5.37. The molecule has 0 aromatic heterocycles. The van der Waals surface area contributed by atoms with E-state index in [1.54, 1.807) is 0 Å². The minimum absolute atomic E-state index is 0. The maximum Gasteiger partial charge on any atom is 1.00 e. The van der Waals surface area contributed by atoms with Gasteiger partial charge in [0.2, 0.25) is 5.76 Å². The molecule has 0 spiro atoms. The summed E-state index contributed by atoms with van der Waals surface area (Å²) >= 11 is 0. The van der Waals surface area contributed by atoms with E-state index in [0.29, 0.717) is 0 Å². The molecule has 0 bridgehead atoms. The summed E-state index contributed by atoms with van der Waals surface area (Å²) < 4.78 is 18.4. The topological polar surface area (TPSA) is 159 Å². The van der Waals surface area contributed by atoms with Gasteiger partial charge < -0.3 is 38.9 Å². The fourth-order valence-electron chi connectivity index (χ4n) is 1.02. The molecule has 1 aliphatic heterocycles. The maximum absolute atomic E-state index is 10.8. The molecule has 0 aromatic carbocycles. The Morgan fingerprint density at radius 3 is 2.33 bits per heavy atom. The molecule has 18 heavy (non-hydrogen) atoms. The van der Waals surface area contributed by atoms with Crippen LogP contribution < -0.4 is 68.9 Å². The summed E-state index contributed by atoms with van der Waals surface area (Å²) in [4.78, 5) is 31.4. The molecule has 0 saturated carbocycles. The van der Waals surface area contributed by atoms with Gasteiger partial charge in [-0.1, -0.05) is 0 Å². The van der Waals surface area contributed by atoms with E-state index in [-0.39, 0.29) is 59.1 Å². The number of cyclic esters (lactones) is 1. The van der Waals surface area contributed by atoms with Crippen LogP contribution in [0, 0.1) is 0 Å². The minimum atomic E-state index is -5.51. The van der Waals surface area contributed by atoms with Crippen LogP contribution in [-0.4, -0.2) is 40.1 Å². The van der Waals surface area contributed by atoms with Crippen molar-refractivity contribution in [3.8, 4) is 0 Å². The third kappa shape index (κ3) is 5.48. The Balaban J connectivity index is 0. The second-order valence-corrected chi connectivity index (χ2v) is 3.90. The largest absolute Gasteiger partial charge is 1.00 e. The van der Waals surface area contributed by atoms with Gasteiger partial charge in [0.25, 0.3) is 0 Å². The van der Waals surface area contributed by atoms with E-state index in [2.05, 4.69) is 9.26 Å². The number of esters is 1. The number of aliphatic hydroxyl groups excluding tert-OH is 3. The quantitative estimate of drug-likeness (QED) is 0.260. The number of phosphoric ester groups is 1. The number of phosphoric acid groups is 1. The van der Waals surface area contributed by atoms with Crippen LogP contribution in [0.1, 0.15) is 0 Å². The number of ether oxygens (including phenoxy) is 1. The SMILES string of the molecule is O=C1OC(C(O)CO)C(OP(=O)([O-])[O-])=C1O.[Na+].[Na+]. The molecular weight excluding hydrogens is 293 g/mol. The smallest absolute Gasteiger partial charge is 0.780 e. The maximum atomic E-state index is 10.8. The molecule has 0 aliphatic carbocycles. The summed E-state index contributed by atoms with van der Waals surface area (Å²) in [7, 11) is -5.51. The standard InChI is InChI=1S/C6H9O9P.2Na/c7-1-2(8)4-5(15-16(11,12)13)3(9)6(10)14-4;;/h2,4,7-9H,1H2,(H2,11,12,13);;/q;2*+1/p-2. The van der Waals surface area contributed by atoms with Crippen molar-refractivity contribution in [1.29, 1.82) is 0 Å². The molecule has 92 valence electrons. The van der Waals surface area contributed by atoms with Crippen LogP contribution in [0.3, 0.4) is 0 Å². The molecule has 1 aliphatic rings. The van der Waals surface area contributed by atoms with Gasteiger partial charge in [-0.2, -0.15) is 0 Å². The Hall–Kier alpha value is 0.880. The zero-order chi connectivity index (χ0) is 12.5. The Kier molecular flexibility index (Phi) is 9.69. The average molecular weight is 300 g/mol. The number of rotatable bonds is 4. The van der Waals surface area contributed by atoms with E-state index in [1.165, 1.54) is 0 Å². The number of carbonyl (C=O) groups excluding carboxylic acids is 1. The van der Waals surface area contributed by atoms with Gasteiger partial charge in [0, 0.05) is 0 Å². The van der Waals surface area contributed by atoms with Gasteiger partial charge >= 0.3 is 65.1 Å². The van der Waals surface area contributed by atoms with Crippen molar-refractivity contribution in [3.63, 3.8) is 0 Å². The molecule has 1 rings (SSSR count).